The minimum Gasteiger partial charge on any atom is -0.394 e. The summed E-state index contributed by atoms with van der Waals surface area (Å²) in [6.07, 6.45) is -32.6. The summed E-state index contributed by atoms with van der Waals surface area (Å²) >= 11 is 0. The molecule has 0 aromatic rings. The van der Waals surface area contributed by atoms with Gasteiger partial charge in [0.25, 0.3) is 0 Å². The van der Waals surface area contributed by atoms with E-state index in [2.05, 4.69) is 5.32 Å². The molecule has 4 fully saturated rings. The van der Waals surface area contributed by atoms with Crippen molar-refractivity contribution < 1.29 is 99.2 Å². The molecule has 4 rings (SSSR count). The van der Waals surface area contributed by atoms with E-state index in [4.69, 9.17) is 33.2 Å². The maximum atomic E-state index is 12.3. The average Bonchev–Trinajstić information content (AvgIpc) is 3.03. The van der Waals surface area contributed by atoms with Crippen molar-refractivity contribution in [2.45, 2.75) is 137 Å². The maximum Gasteiger partial charge on any atom is 0.217 e. The third-order valence-corrected chi connectivity index (χ3v) is 8.57. The molecule has 20 atom stereocenters. The van der Waals surface area contributed by atoms with Gasteiger partial charge in [-0.2, -0.15) is 0 Å². The fourth-order valence-electron chi connectivity index (χ4n) is 5.86. The second-order valence-electron chi connectivity index (χ2n) is 11.9. The molecule has 21 nitrogen and oxygen atoms in total. The van der Waals surface area contributed by atoms with Crippen molar-refractivity contribution in [1.29, 1.82) is 0 Å². The van der Waals surface area contributed by atoms with Crippen molar-refractivity contribution in [3.63, 3.8) is 0 Å². The van der Waals surface area contributed by atoms with Crippen LogP contribution in [0.1, 0.15) is 13.8 Å². The van der Waals surface area contributed by atoms with Crippen molar-refractivity contribution in [2.75, 3.05) is 19.8 Å². The number of carbonyl (C=O) groups is 1. The molecule has 0 aliphatic carbocycles. The number of aliphatic hydroxyl groups excluding tert-OH is 12. The van der Waals surface area contributed by atoms with Gasteiger partial charge in [-0.15, -0.1) is 0 Å². The highest BCUT2D eigenvalue weighted by Gasteiger charge is 2.55. The molecule has 0 spiro atoms. The van der Waals surface area contributed by atoms with Crippen LogP contribution in [0.5, 0.6) is 0 Å². The number of hydrogen-bond donors (Lipinski definition) is 13. The van der Waals surface area contributed by atoms with Crippen molar-refractivity contribution in [3.8, 4) is 0 Å². The number of rotatable bonds is 10. The lowest BCUT2D eigenvalue weighted by Gasteiger charge is -2.50. The quantitative estimate of drug-likeness (QED) is 0.101. The van der Waals surface area contributed by atoms with Crippen LogP contribution in [0, 0.1) is 0 Å². The molecule has 4 aliphatic heterocycles. The Balaban J connectivity index is 1.66. The smallest absolute Gasteiger partial charge is 0.217 e. The Morgan fingerprint density at radius 1 is 0.553 bits per heavy atom. The van der Waals surface area contributed by atoms with Gasteiger partial charge in [-0.25, -0.2) is 0 Å². The van der Waals surface area contributed by atoms with Crippen LogP contribution in [0.2, 0.25) is 0 Å². The highest BCUT2D eigenvalue weighted by molar-refractivity contribution is 5.73. The van der Waals surface area contributed by atoms with Gasteiger partial charge in [-0.05, 0) is 6.92 Å². The monoisotopic (exact) mass is 691 g/mol. The van der Waals surface area contributed by atoms with E-state index in [1.54, 1.807) is 0 Å². The number of hydrogen-bond acceptors (Lipinski definition) is 20. The summed E-state index contributed by atoms with van der Waals surface area (Å²) in [4.78, 5) is 12.3. The lowest BCUT2D eigenvalue weighted by atomic mass is 9.94. The van der Waals surface area contributed by atoms with Gasteiger partial charge in [0.05, 0.1) is 25.9 Å². The molecule has 1 unspecified atom stereocenters. The molecule has 0 bridgehead atoms. The summed E-state index contributed by atoms with van der Waals surface area (Å²) in [6.45, 7) is -0.130. The van der Waals surface area contributed by atoms with Crippen LogP contribution in [-0.4, -0.2) is 210 Å². The summed E-state index contributed by atoms with van der Waals surface area (Å²) in [5, 5.41) is 127. The average molecular weight is 692 g/mol. The first-order valence-electron chi connectivity index (χ1n) is 15.0. The highest BCUT2D eigenvalue weighted by atomic mass is 16.8. The number of carbonyl (C=O) groups excluding carboxylic acids is 1. The summed E-state index contributed by atoms with van der Waals surface area (Å²) in [5.41, 5.74) is 0. The van der Waals surface area contributed by atoms with Crippen LogP contribution < -0.4 is 5.32 Å². The molecule has 1 amide bonds. The minimum atomic E-state index is -1.94. The van der Waals surface area contributed by atoms with Gasteiger partial charge in [-0.1, -0.05) is 0 Å². The first-order chi connectivity index (χ1) is 22.1. The van der Waals surface area contributed by atoms with E-state index in [0.717, 1.165) is 6.92 Å². The third-order valence-electron chi connectivity index (χ3n) is 8.57. The van der Waals surface area contributed by atoms with Gasteiger partial charge < -0.3 is 99.8 Å². The molecule has 47 heavy (non-hydrogen) atoms. The van der Waals surface area contributed by atoms with E-state index in [9.17, 15) is 66.1 Å². The Labute approximate surface area is 267 Å². The Bertz CT molecular complexity index is 1010. The Hall–Kier alpha value is -1.29. The van der Waals surface area contributed by atoms with Crippen LogP contribution >= 0.6 is 0 Å². The lowest BCUT2D eigenvalue weighted by Crippen LogP contribution is -2.70. The summed E-state index contributed by atoms with van der Waals surface area (Å²) < 4.78 is 39.1. The van der Waals surface area contributed by atoms with Crippen molar-refractivity contribution in [1.82, 2.24) is 5.32 Å². The van der Waals surface area contributed by atoms with Crippen molar-refractivity contribution in [3.05, 3.63) is 0 Å². The van der Waals surface area contributed by atoms with Crippen LogP contribution in [0.4, 0.5) is 0 Å². The van der Waals surface area contributed by atoms with E-state index in [0.29, 0.717) is 0 Å². The van der Waals surface area contributed by atoms with Gasteiger partial charge in [-0.3, -0.25) is 4.79 Å². The number of nitrogens with one attached hydrogen (secondary N) is 1. The fourth-order valence-corrected chi connectivity index (χ4v) is 5.86. The van der Waals surface area contributed by atoms with Gasteiger partial charge in [0.1, 0.15) is 91.5 Å². The minimum absolute atomic E-state index is 0.752. The molecule has 0 saturated carbocycles. The zero-order valence-corrected chi connectivity index (χ0v) is 25.3. The summed E-state index contributed by atoms with van der Waals surface area (Å²) in [6, 6.07) is -1.59. The normalized spacial score (nSPS) is 51.0. The molecule has 274 valence electrons. The van der Waals surface area contributed by atoms with Crippen LogP contribution in [0.3, 0.4) is 0 Å². The molecule has 0 radical (unpaired) electrons. The van der Waals surface area contributed by atoms with Crippen molar-refractivity contribution >= 4 is 5.91 Å². The number of ether oxygens (including phenoxy) is 7. The van der Waals surface area contributed by atoms with E-state index >= 15 is 0 Å². The van der Waals surface area contributed by atoms with Gasteiger partial charge in [0.15, 0.2) is 25.2 Å². The summed E-state index contributed by atoms with van der Waals surface area (Å²) in [5.74, 6) is -0.752. The molecule has 0 aromatic carbocycles. The Kier molecular flexibility index (Phi) is 13.2. The Morgan fingerprint density at radius 2 is 1.06 bits per heavy atom. The van der Waals surface area contributed by atoms with Crippen LogP contribution in [0.25, 0.3) is 0 Å². The predicted octanol–water partition coefficient (Wildman–Crippen LogP) is -8.58. The zero-order valence-electron chi connectivity index (χ0n) is 25.3. The van der Waals surface area contributed by atoms with E-state index < -0.39 is 148 Å². The first-order valence-corrected chi connectivity index (χ1v) is 15.0. The van der Waals surface area contributed by atoms with E-state index in [-0.39, 0.29) is 0 Å². The maximum absolute atomic E-state index is 12.3. The molecular weight excluding hydrogens is 646 g/mol. The first kappa shape index (κ1) is 38.5. The second kappa shape index (κ2) is 16.2. The van der Waals surface area contributed by atoms with E-state index in [1.807, 2.05) is 0 Å². The number of amides is 1. The lowest BCUT2D eigenvalue weighted by molar-refractivity contribution is -0.385. The summed E-state index contributed by atoms with van der Waals surface area (Å²) in [7, 11) is 0. The molecule has 4 saturated heterocycles. The molecule has 4 aliphatic rings. The van der Waals surface area contributed by atoms with Crippen molar-refractivity contribution in [2.24, 2.45) is 0 Å². The largest absolute Gasteiger partial charge is 0.394 e. The van der Waals surface area contributed by atoms with Gasteiger partial charge in [0.2, 0.25) is 5.91 Å². The third kappa shape index (κ3) is 8.04. The molecular formula is C26H45NO20. The second-order valence-corrected chi connectivity index (χ2v) is 11.9. The SMILES string of the molecule is CC(=O)N[C@H]1[C@H](O[C@H]2[C@@H](O)[C@@H](CO)OC(O)[C@@H]2O)O[C@H](CO)[C@H](O)[C@@H]1O[C@@H]1O[C@H](CO)[C@H](O)[C@H](O)[C@H]1O[C@@H]1O[C@@H](C)[C@@H](O)[C@@H](O)[C@@H]1O. The standard InChI is InChI=1S/C26H45NO20/c1-6-12(32)16(36)18(38)25(41-6)47-22-17(37)13(33)8(3-28)44-26(22)45-20-11(27-7(2)31)24(43-10(5-30)14(20)34)46-21-15(35)9(4-29)42-23(40)19(21)39/h6,8-26,28-30,32-40H,3-5H2,1-2H3,(H,27,31)/t6-,8+,9+,10+,11+,12+,13-,14-,15-,16+,17-,18-,19+,20+,21-,22+,23?,24-,25-,26-/m0/s1. The molecule has 13 N–H and O–H groups in total. The number of aliphatic hydroxyl groups is 12. The van der Waals surface area contributed by atoms with Gasteiger partial charge in [0, 0.05) is 6.92 Å². The molecule has 21 heteroatoms. The zero-order chi connectivity index (χ0) is 34.9. The predicted molar refractivity (Wildman–Crippen MR) is 144 cm³/mol. The van der Waals surface area contributed by atoms with Gasteiger partial charge >= 0.3 is 0 Å². The van der Waals surface area contributed by atoms with Crippen LogP contribution in [-0.2, 0) is 38.0 Å². The van der Waals surface area contributed by atoms with Crippen LogP contribution in [0.15, 0.2) is 0 Å². The highest BCUT2D eigenvalue weighted by Crippen LogP contribution is 2.34. The molecule has 4 heterocycles. The Morgan fingerprint density at radius 3 is 1.66 bits per heavy atom. The topological polar surface area (TPSA) is 336 Å². The van der Waals surface area contributed by atoms with E-state index in [1.165, 1.54) is 6.92 Å². The molecule has 0 aromatic heterocycles. The fraction of sp³-hybridized carbons (Fsp3) is 0.962.